The number of ether oxygens (including phenoxy) is 1. The van der Waals surface area contributed by atoms with Crippen molar-refractivity contribution in [3.63, 3.8) is 0 Å². The van der Waals surface area contributed by atoms with Gasteiger partial charge in [-0.2, -0.15) is 0 Å². The maximum atomic E-state index is 12.2. The Kier molecular flexibility index (Phi) is 6.70. The summed E-state index contributed by atoms with van der Waals surface area (Å²) in [5.41, 5.74) is 2.98. The van der Waals surface area contributed by atoms with Gasteiger partial charge in [0.2, 0.25) is 0 Å². The zero-order valence-corrected chi connectivity index (χ0v) is 12.0. The zero-order valence-electron chi connectivity index (χ0n) is 12.0. The van der Waals surface area contributed by atoms with E-state index in [0.717, 1.165) is 11.1 Å². The molecule has 0 saturated carbocycles. The Morgan fingerprint density at radius 1 is 1.32 bits per heavy atom. The Morgan fingerprint density at radius 3 is 2.68 bits per heavy atom. The third-order valence-electron chi connectivity index (χ3n) is 2.95. The summed E-state index contributed by atoms with van der Waals surface area (Å²) in [6.45, 7) is 5.95. The van der Waals surface area contributed by atoms with Gasteiger partial charge in [0.1, 0.15) is 0 Å². The first-order valence-electron chi connectivity index (χ1n) is 6.52. The maximum Gasteiger partial charge on any atom is 0.177 e. The van der Waals surface area contributed by atoms with E-state index in [2.05, 4.69) is 0 Å². The van der Waals surface area contributed by atoms with Crippen molar-refractivity contribution in [1.29, 1.82) is 0 Å². The third kappa shape index (κ3) is 5.51. The van der Waals surface area contributed by atoms with Crippen molar-refractivity contribution in [2.24, 2.45) is 0 Å². The first-order valence-corrected chi connectivity index (χ1v) is 6.52. The Morgan fingerprint density at radius 2 is 2.05 bits per heavy atom. The molecule has 0 bridgehead atoms. The molecule has 0 atom stereocenters. The largest absolute Gasteiger partial charge is 0.394 e. The number of aryl methyl sites for hydroxylation is 2. The van der Waals surface area contributed by atoms with Crippen molar-refractivity contribution in [2.75, 3.05) is 40.0 Å². The summed E-state index contributed by atoms with van der Waals surface area (Å²) >= 11 is 0. The molecule has 1 aromatic carbocycles. The number of aliphatic hydroxyl groups excluding tert-OH is 1. The highest BCUT2D eigenvalue weighted by Crippen LogP contribution is 2.11. The molecule has 4 heteroatoms. The molecule has 0 unspecified atom stereocenters. The molecule has 0 amide bonds. The minimum atomic E-state index is 0.0329. The van der Waals surface area contributed by atoms with Crippen molar-refractivity contribution in [2.45, 2.75) is 13.8 Å². The van der Waals surface area contributed by atoms with E-state index in [1.807, 2.05) is 44.0 Å². The van der Waals surface area contributed by atoms with Crippen LogP contribution in [0.15, 0.2) is 18.2 Å². The van der Waals surface area contributed by atoms with Crippen molar-refractivity contribution in [3.05, 3.63) is 34.9 Å². The van der Waals surface area contributed by atoms with E-state index in [1.165, 1.54) is 5.56 Å². The molecule has 0 aliphatic heterocycles. The summed E-state index contributed by atoms with van der Waals surface area (Å²) in [6, 6.07) is 5.88. The van der Waals surface area contributed by atoms with Crippen LogP contribution in [0.25, 0.3) is 0 Å². The van der Waals surface area contributed by atoms with Gasteiger partial charge in [0.15, 0.2) is 5.78 Å². The van der Waals surface area contributed by atoms with Crippen molar-refractivity contribution in [3.8, 4) is 0 Å². The highest BCUT2D eigenvalue weighted by Gasteiger charge is 2.11. The number of hydrogen-bond acceptors (Lipinski definition) is 4. The molecule has 106 valence electrons. The number of nitrogens with zero attached hydrogens (tertiary/aromatic N) is 1. The molecule has 4 nitrogen and oxygen atoms in total. The Bertz CT molecular complexity index is 418. The predicted octanol–water partition coefficient (Wildman–Crippen LogP) is 1.43. The molecule has 1 aromatic rings. The van der Waals surface area contributed by atoms with E-state index in [0.29, 0.717) is 26.3 Å². The Balaban J connectivity index is 2.45. The summed E-state index contributed by atoms with van der Waals surface area (Å²) in [4.78, 5) is 14.1. The van der Waals surface area contributed by atoms with Gasteiger partial charge < -0.3 is 9.84 Å². The second kappa shape index (κ2) is 8.04. The van der Waals surface area contributed by atoms with Crippen molar-refractivity contribution < 1.29 is 14.6 Å². The molecule has 0 spiro atoms. The molecule has 0 aromatic heterocycles. The third-order valence-corrected chi connectivity index (χ3v) is 2.95. The van der Waals surface area contributed by atoms with Gasteiger partial charge in [-0.1, -0.05) is 23.8 Å². The van der Waals surface area contributed by atoms with Crippen LogP contribution in [0.1, 0.15) is 21.5 Å². The van der Waals surface area contributed by atoms with Crippen LogP contribution in [-0.2, 0) is 4.74 Å². The molecule has 0 aliphatic rings. The first-order chi connectivity index (χ1) is 9.04. The number of rotatable bonds is 8. The summed E-state index contributed by atoms with van der Waals surface area (Å²) in [7, 11) is 1.89. The second-order valence-electron chi connectivity index (χ2n) is 4.82. The number of aliphatic hydroxyl groups is 1. The highest BCUT2D eigenvalue weighted by molar-refractivity contribution is 5.98. The van der Waals surface area contributed by atoms with Crippen molar-refractivity contribution >= 4 is 5.78 Å². The monoisotopic (exact) mass is 265 g/mol. The lowest BCUT2D eigenvalue weighted by Crippen LogP contribution is -2.29. The average Bonchev–Trinajstić information content (AvgIpc) is 2.34. The number of carbonyl (C=O) groups excluding carboxylic acids is 1. The molecule has 0 fully saturated rings. The fraction of sp³-hybridized carbons (Fsp3) is 0.533. The lowest BCUT2D eigenvalue weighted by atomic mass is 10.0. The minimum absolute atomic E-state index is 0.0329. The van der Waals surface area contributed by atoms with E-state index >= 15 is 0 Å². The molecule has 19 heavy (non-hydrogen) atoms. The molecule has 0 aliphatic carbocycles. The fourth-order valence-electron chi connectivity index (χ4n) is 1.92. The van der Waals surface area contributed by atoms with Crippen LogP contribution in [0, 0.1) is 13.8 Å². The van der Waals surface area contributed by atoms with Gasteiger partial charge in [-0.25, -0.2) is 0 Å². The highest BCUT2D eigenvalue weighted by atomic mass is 16.5. The average molecular weight is 265 g/mol. The molecule has 1 N–H and O–H groups in total. The topological polar surface area (TPSA) is 49.8 Å². The quantitative estimate of drug-likeness (QED) is 0.570. The summed E-state index contributed by atoms with van der Waals surface area (Å²) < 4.78 is 5.18. The van der Waals surface area contributed by atoms with Gasteiger partial charge in [-0.05, 0) is 26.5 Å². The van der Waals surface area contributed by atoms with Crippen LogP contribution in [0.2, 0.25) is 0 Å². The van der Waals surface area contributed by atoms with Crippen LogP contribution in [-0.4, -0.2) is 55.7 Å². The van der Waals surface area contributed by atoms with E-state index in [1.54, 1.807) is 0 Å². The van der Waals surface area contributed by atoms with Gasteiger partial charge in [0.25, 0.3) is 0 Å². The van der Waals surface area contributed by atoms with E-state index < -0.39 is 0 Å². The van der Waals surface area contributed by atoms with Crippen LogP contribution < -0.4 is 0 Å². The number of carbonyl (C=O) groups is 1. The smallest absolute Gasteiger partial charge is 0.177 e. The molecular formula is C15H23NO3. The minimum Gasteiger partial charge on any atom is -0.394 e. The van der Waals surface area contributed by atoms with Crippen LogP contribution >= 0.6 is 0 Å². The number of Topliss-reactive ketones (excluding diaryl/α,β-unsaturated/α-hetero) is 1. The normalized spacial score (nSPS) is 11.0. The lowest BCUT2D eigenvalue weighted by molar-refractivity contribution is 0.0739. The summed E-state index contributed by atoms with van der Waals surface area (Å²) in [5.74, 6) is 0.127. The zero-order chi connectivity index (χ0) is 14.3. The molecular weight excluding hydrogens is 242 g/mol. The van der Waals surface area contributed by atoms with Crippen LogP contribution in [0.5, 0.6) is 0 Å². The Labute approximate surface area is 115 Å². The van der Waals surface area contributed by atoms with E-state index in [9.17, 15) is 4.79 Å². The first kappa shape index (κ1) is 15.8. The van der Waals surface area contributed by atoms with Gasteiger partial charge in [0.05, 0.1) is 26.4 Å². The lowest BCUT2D eigenvalue weighted by Gasteiger charge is -2.16. The van der Waals surface area contributed by atoms with Gasteiger partial charge in [0, 0.05) is 12.1 Å². The number of likely N-dealkylation sites (N-methyl/N-ethyl adjacent to an activating group) is 1. The van der Waals surface area contributed by atoms with Gasteiger partial charge in [-0.15, -0.1) is 0 Å². The van der Waals surface area contributed by atoms with Gasteiger partial charge >= 0.3 is 0 Å². The second-order valence-corrected chi connectivity index (χ2v) is 4.82. The summed E-state index contributed by atoms with van der Waals surface area (Å²) in [5, 5.41) is 8.59. The van der Waals surface area contributed by atoms with E-state index in [-0.39, 0.29) is 12.4 Å². The van der Waals surface area contributed by atoms with Crippen LogP contribution in [0.4, 0.5) is 0 Å². The SMILES string of the molecule is Cc1ccc(C(=O)CN(C)CCOCCO)c(C)c1. The molecule has 0 saturated heterocycles. The predicted molar refractivity (Wildman–Crippen MR) is 75.6 cm³/mol. The number of hydrogen-bond donors (Lipinski definition) is 1. The fourth-order valence-corrected chi connectivity index (χ4v) is 1.92. The number of ketones is 1. The van der Waals surface area contributed by atoms with E-state index in [4.69, 9.17) is 9.84 Å². The standard InChI is InChI=1S/C15H23NO3/c1-12-4-5-14(13(2)10-12)15(18)11-16(3)6-8-19-9-7-17/h4-5,10,17H,6-9,11H2,1-3H3. The van der Waals surface area contributed by atoms with Crippen LogP contribution in [0.3, 0.4) is 0 Å². The maximum absolute atomic E-state index is 12.2. The van der Waals surface area contributed by atoms with Gasteiger partial charge in [-0.3, -0.25) is 9.69 Å². The van der Waals surface area contributed by atoms with Crippen molar-refractivity contribution in [1.82, 2.24) is 4.90 Å². The Hall–Kier alpha value is -1.23. The summed E-state index contributed by atoms with van der Waals surface area (Å²) in [6.07, 6.45) is 0. The molecule has 0 radical (unpaired) electrons. The number of benzene rings is 1. The molecule has 1 rings (SSSR count). The molecule has 0 heterocycles.